The highest BCUT2D eigenvalue weighted by molar-refractivity contribution is 7.66. The van der Waals surface area contributed by atoms with Crippen LogP contribution in [0.3, 0.4) is 0 Å². The van der Waals surface area contributed by atoms with Crippen molar-refractivity contribution >= 4 is 19.1 Å². The minimum Gasteiger partial charge on any atom is -0.355 e. The highest BCUT2D eigenvalue weighted by Crippen LogP contribution is 2.41. The van der Waals surface area contributed by atoms with Gasteiger partial charge in [0.05, 0.1) is 6.61 Å². The van der Waals surface area contributed by atoms with E-state index in [1.165, 1.54) is 0 Å². The molecule has 0 saturated carbocycles. The van der Waals surface area contributed by atoms with Crippen molar-refractivity contribution in [1.29, 1.82) is 0 Å². The molecule has 16 heavy (non-hydrogen) atoms. The van der Waals surface area contributed by atoms with Crippen LogP contribution in [0.5, 0.6) is 0 Å². The summed E-state index contributed by atoms with van der Waals surface area (Å²) >= 11 is 0. The normalized spacial score (nSPS) is 14.1. The first-order valence-corrected chi connectivity index (χ1v) is 7.16. The van der Waals surface area contributed by atoms with Gasteiger partial charge in [0, 0.05) is 18.5 Å². The smallest absolute Gasteiger partial charge is 0.229 e. The van der Waals surface area contributed by atoms with E-state index in [4.69, 9.17) is 4.52 Å². The molecule has 0 aliphatic heterocycles. The van der Waals surface area contributed by atoms with E-state index in [1.807, 2.05) is 25.1 Å². The monoisotopic (exact) mass is 241 g/mol. The lowest BCUT2D eigenvalue weighted by Gasteiger charge is -2.16. The third-order valence-electron chi connectivity index (χ3n) is 2.18. The molecule has 0 aliphatic rings. The molecule has 1 rings (SSSR count). The van der Waals surface area contributed by atoms with Crippen molar-refractivity contribution in [2.24, 2.45) is 0 Å². The zero-order chi connectivity index (χ0) is 12.0. The van der Waals surface area contributed by atoms with E-state index >= 15 is 0 Å². The fourth-order valence-corrected chi connectivity index (χ4v) is 3.19. The Balaban J connectivity index is 3.02. The number of hydrogen-bond acceptors (Lipinski definition) is 3. The Hall–Kier alpha value is -1.12. The van der Waals surface area contributed by atoms with E-state index in [1.54, 1.807) is 12.7 Å². The van der Waals surface area contributed by atoms with Crippen LogP contribution >= 0.6 is 7.37 Å². The van der Waals surface area contributed by atoms with Gasteiger partial charge < -0.3 is 9.84 Å². The van der Waals surface area contributed by atoms with Crippen molar-refractivity contribution in [3.63, 3.8) is 0 Å². The molecule has 0 spiro atoms. The maximum atomic E-state index is 12.3. The molecular formula is C11H16NO3P. The van der Waals surface area contributed by atoms with Crippen molar-refractivity contribution in [2.75, 3.05) is 13.3 Å². The number of amides is 1. The maximum absolute atomic E-state index is 12.3. The SMILES string of the molecule is CCOP(C)(=O)c1ccccc1CNC=O. The second kappa shape index (κ2) is 5.83. The van der Waals surface area contributed by atoms with Gasteiger partial charge in [-0.05, 0) is 18.6 Å². The number of carbonyl (C=O) groups excluding carboxylic acids is 1. The molecule has 0 fully saturated rings. The highest BCUT2D eigenvalue weighted by Gasteiger charge is 2.21. The van der Waals surface area contributed by atoms with Gasteiger partial charge in [-0.3, -0.25) is 9.36 Å². The third kappa shape index (κ3) is 3.19. The first-order valence-electron chi connectivity index (χ1n) is 5.09. The molecule has 88 valence electrons. The molecule has 0 saturated heterocycles. The van der Waals surface area contributed by atoms with E-state index in [9.17, 15) is 9.36 Å². The molecule has 1 amide bonds. The number of hydrogen-bond donors (Lipinski definition) is 1. The predicted octanol–water partition coefficient (Wildman–Crippen LogP) is 1.50. The Morgan fingerprint density at radius 3 is 2.75 bits per heavy atom. The summed E-state index contributed by atoms with van der Waals surface area (Å²) in [7, 11) is -2.78. The minimum atomic E-state index is -2.78. The van der Waals surface area contributed by atoms with Gasteiger partial charge in [-0.1, -0.05) is 18.2 Å². The van der Waals surface area contributed by atoms with E-state index in [0.717, 1.165) is 5.56 Å². The molecule has 5 heteroatoms. The number of carbonyl (C=O) groups is 1. The van der Waals surface area contributed by atoms with Gasteiger partial charge in [-0.15, -0.1) is 0 Å². The van der Waals surface area contributed by atoms with Crippen molar-refractivity contribution in [3.05, 3.63) is 29.8 Å². The highest BCUT2D eigenvalue weighted by atomic mass is 31.2. The quantitative estimate of drug-likeness (QED) is 0.606. The van der Waals surface area contributed by atoms with Gasteiger partial charge in [0.25, 0.3) is 0 Å². The molecule has 1 aromatic carbocycles. The zero-order valence-corrected chi connectivity index (χ0v) is 10.4. The van der Waals surface area contributed by atoms with E-state index in [-0.39, 0.29) is 0 Å². The van der Waals surface area contributed by atoms with Crippen LogP contribution in [0.1, 0.15) is 12.5 Å². The molecular weight excluding hydrogens is 225 g/mol. The van der Waals surface area contributed by atoms with Gasteiger partial charge >= 0.3 is 0 Å². The summed E-state index contributed by atoms with van der Waals surface area (Å²) in [6, 6.07) is 7.27. The van der Waals surface area contributed by atoms with Crippen LogP contribution in [0.2, 0.25) is 0 Å². The van der Waals surface area contributed by atoms with E-state index < -0.39 is 7.37 Å². The fraction of sp³-hybridized carbons (Fsp3) is 0.364. The second-order valence-electron chi connectivity index (χ2n) is 3.39. The second-order valence-corrected chi connectivity index (χ2v) is 5.82. The van der Waals surface area contributed by atoms with Gasteiger partial charge in [-0.2, -0.15) is 0 Å². The van der Waals surface area contributed by atoms with Gasteiger partial charge in [-0.25, -0.2) is 0 Å². The summed E-state index contributed by atoms with van der Waals surface area (Å²) in [6.07, 6.45) is 0.623. The van der Waals surface area contributed by atoms with E-state index in [0.29, 0.717) is 24.9 Å². The van der Waals surface area contributed by atoms with Gasteiger partial charge in [0.2, 0.25) is 13.8 Å². The van der Waals surface area contributed by atoms with Gasteiger partial charge in [0.1, 0.15) is 0 Å². The molecule has 1 unspecified atom stereocenters. The molecule has 1 aromatic rings. The largest absolute Gasteiger partial charge is 0.355 e. The average molecular weight is 241 g/mol. The Morgan fingerprint density at radius 2 is 2.12 bits per heavy atom. The van der Waals surface area contributed by atoms with Crippen molar-refractivity contribution in [3.8, 4) is 0 Å². The third-order valence-corrected chi connectivity index (χ3v) is 4.24. The molecule has 1 N–H and O–H groups in total. The lowest BCUT2D eigenvalue weighted by atomic mass is 10.2. The summed E-state index contributed by atoms with van der Waals surface area (Å²) < 4.78 is 17.5. The Bertz CT molecular complexity index is 406. The van der Waals surface area contributed by atoms with Crippen molar-refractivity contribution in [1.82, 2.24) is 5.32 Å². The maximum Gasteiger partial charge on any atom is 0.229 e. The molecule has 0 bridgehead atoms. The van der Waals surface area contributed by atoms with Crippen molar-refractivity contribution < 1.29 is 13.9 Å². The van der Waals surface area contributed by atoms with Crippen LogP contribution in [0.15, 0.2) is 24.3 Å². The van der Waals surface area contributed by atoms with Gasteiger partial charge in [0.15, 0.2) is 0 Å². The lowest BCUT2D eigenvalue weighted by Crippen LogP contribution is -2.19. The van der Waals surface area contributed by atoms with Crippen LogP contribution in [0.25, 0.3) is 0 Å². The van der Waals surface area contributed by atoms with Crippen molar-refractivity contribution in [2.45, 2.75) is 13.5 Å². The molecule has 1 atom stereocenters. The minimum absolute atomic E-state index is 0.366. The summed E-state index contributed by atoms with van der Waals surface area (Å²) in [6.45, 7) is 4.17. The van der Waals surface area contributed by atoms with Crippen LogP contribution in [-0.2, 0) is 20.4 Å². The zero-order valence-electron chi connectivity index (χ0n) is 9.47. The Kier molecular flexibility index (Phi) is 4.71. The van der Waals surface area contributed by atoms with Crippen LogP contribution in [-0.4, -0.2) is 19.7 Å². The van der Waals surface area contributed by atoms with E-state index in [2.05, 4.69) is 5.32 Å². The Morgan fingerprint density at radius 1 is 1.44 bits per heavy atom. The standard InChI is InChI=1S/C11H16NO3P/c1-3-15-16(2,14)11-7-5-4-6-10(11)8-12-9-13/h4-7,9H,3,8H2,1-2H3,(H,12,13). The molecule has 0 aliphatic carbocycles. The van der Waals surface area contributed by atoms with Crippen LogP contribution in [0, 0.1) is 0 Å². The first kappa shape index (κ1) is 12.9. The Labute approximate surface area is 95.5 Å². The number of rotatable bonds is 6. The number of benzene rings is 1. The lowest BCUT2D eigenvalue weighted by molar-refractivity contribution is -0.109. The topological polar surface area (TPSA) is 55.4 Å². The molecule has 0 aromatic heterocycles. The average Bonchev–Trinajstić information content (AvgIpc) is 2.26. The van der Waals surface area contributed by atoms with Crippen LogP contribution in [0.4, 0.5) is 0 Å². The van der Waals surface area contributed by atoms with Crippen LogP contribution < -0.4 is 10.6 Å². The molecule has 4 nitrogen and oxygen atoms in total. The summed E-state index contributed by atoms with van der Waals surface area (Å²) in [5, 5.41) is 3.23. The molecule has 0 heterocycles. The first-order chi connectivity index (χ1) is 7.61. The molecule has 0 radical (unpaired) electrons. The predicted molar refractivity (Wildman–Crippen MR) is 64.1 cm³/mol. The number of nitrogens with one attached hydrogen (secondary N) is 1. The summed E-state index contributed by atoms with van der Waals surface area (Å²) in [4.78, 5) is 10.3. The fourth-order valence-electron chi connectivity index (χ4n) is 1.52. The summed E-state index contributed by atoms with van der Waals surface area (Å²) in [5.74, 6) is 0. The summed E-state index contributed by atoms with van der Waals surface area (Å²) in [5.41, 5.74) is 0.828.